The molecule has 19 rings (SSSR count). The van der Waals surface area contributed by atoms with Crippen LogP contribution in [0.15, 0.2) is 352 Å². The highest BCUT2D eigenvalue weighted by Gasteiger charge is 2.44. The molecule has 0 aliphatic carbocycles. The summed E-state index contributed by atoms with van der Waals surface area (Å²) in [6.07, 6.45) is -1.80. The van der Waals surface area contributed by atoms with E-state index in [-0.39, 0.29) is 6.71 Å². The largest absolute Gasteiger partial charge is 0.311 e. The van der Waals surface area contributed by atoms with Gasteiger partial charge in [-0.3, -0.25) is 0 Å². The van der Waals surface area contributed by atoms with Gasteiger partial charge in [0.05, 0.1) is 22.1 Å². The zero-order chi connectivity index (χ0) is 68.4. The normalized spacial score (nSPS) is 13.0. The molecule has 0 amide bonds. The highest BCUT2D eigenvalue weighted by Crippen LogP contribution is 2.49. The van der Waals surface area contributed by atoms with Crippen LogP contribution in [0.5, 0.6) is 0 Å². The van der Waals surface area contributed by atoms with Crippen LogP contribution < -0.4 is 26.2 Å². The fraction of sp³-hybridized carbons (Fsp3) is 0.0526. The minimum Gasteiger partial charge on any atom is -0.311 e. The monoisotopic (exact) mass is 1280 g/mol. The van der Waals surface area contributed by atoms with Crippen LogP contribution in [-0.4, -0.2) is 15.8 Å². The lowest BCUT2D eigenvalue weighted by atomic mass is 9.33. The molecule has 0 spiro atoms. The van der Waals surface area contributed by atoms with Gasteiger partial charge in [0.1, 0.15) is 0 Å². The lowest BCUT2D eigenvalue weighted by molar-refractivity contribution is 0.411. The summed E-state index contributed by atoms with van der Waals surface area (Å²) in [5.74, 6) is 0. The number of rotatable bonds is 11. The van der Waals surface area contributed by atoms with Crippen molar-refractivity contribution in [2.24, 2.45) is 5.41 Å². The maximum atomic E-state index is 10.4. The summed E-state index contributed by atoms with van der Waals surface area (Å²) in [7, 11) is 0. The van der Waals surface area contributed by atoms with Gasteiger partial charge in [-0.15, -0.1) is 0 Å². The van der Waals surface area contributed by atoms with Gasteiger partial charge in [0.15, 0.2) is 0 Å². The second-order valence-electron chi connectivity index (χ2n) is 27.8. The Balaban J connectivity index is 0.886. The lowest BCUT2D eigenvalue weighted by Crippen LogP contribution is -2.61. The molecule has 5 heteroatoms. The van der Waals surface area contributed by atoms with E-state index in [4.69, 9.17) is 0 Å². The average Bonchev–Trinajstić information content (AvgIpc) is 0.763. The van der Waals surface area contributed by atoms with Gasteiger partial charge in [0.25, 0.3) is 6.71 Å². The van der Waals surface area contributed by atoms with Crippen LogP contribution in [0, 0.1) is 5.41 Å². The first kappa shape index (κ1) is 56.7. The molecule has 100 heavy (non-hydrogen) atoms. The van der Waals surface area contributed by atoms with Crippen molar-refractivity contribution >= 4 is 101 Å². The third kappa shape index (κ3) is 10.1. The van der Waals surface area contributed by atoms with Crippen LogP contribution >= 0.6 is 0 Å². The molecule has 472 valence electrons. The third-order valence-corrected chi connectivity index (χ3v) is 20.5. The van der Waals surface area contributed by atoms with Crippen LogP contribution in [-0.2, 0) is 6.37 Å². The Morgan fingerprint density at radius 2 is 0.520 bits per heavy atom. The van der Waals surface area contributed by atoms with E-state index in [2.05, 4.69) is 371 Å². The molecule has 4 nitrogen and oxygen atoms in total. The van der Waals surface area contributed by atoms with E-state index in [1.54, 1.807) is 0 Å². The summed E-state index contributed by atoms with van der Waals surface area (Å²) in [5.41, 5.74) is 29.4. The summed E-state index contributed by atoms with van der Waals surface area (Å²) in [6.45, 7) is 5.79. The number of anilines is 6. The summed E-state index contributed by atoms with van der Waals surface area (Å²) < 4.78 is 25.8. The molecule has 4 heterocycles. The van der Waals surface area contributed by atoms with Crippen molar-refractivity contribution in [1.29, 1.82) is 0 Å². The average molecular weight is 1280 g/mol. The van der Waals surface area contributed by atoms with Gasteiger partial charge in [-0.25, -0.2) is 0 Å². The highest BCUT2D eigenvalue weighted by molar-refractivity contribution is 7.00. The second-order valence-corrected chi connectivity index (χ2v) is 27.8. The van der Waals surface area contributed by atoms with Crippen molar-refractivity contribution in [3.8, 4) is 78.1 Å². The van der Waals surface area contributed by atoms with Crippen molar-refractivity contribution in [3.63, 3.8) is 0 Å². The smallest absolute Gasteiger partial charge is 0.252 e. The van der Waals surface area contributed by atoms with Crippen molar-refractivity contribution in [2.45, 2.75) is 27.1 Å². The van der Waals surface area contributed by atoms with E-state index in [1.807, 2.05) is 20.8 Å². The number of aromatic nitrogens is 2. The van der Waals surface area contributed by atoms with Gasteiger partial charge in [0, 0.05) is 69.8 Å². The van der Waals surface area contributed by atoms with Crippen LogP contribution in [0.2, 0.25) is 0 Å². The quantitative estimate of drug-likeness (QED) is 0.120. The van der Waals surface area contributed by atoms with E-state index in [0.29, 0.717) is 5.56 Å². The minimum atomic E-state index is -1.80. The third-order valence-electron chi connectivity index (χ3n) is 20.5. The Morgan fingerprint density at radius 1 is 0.260 bits per heavy atom. The molecule has 0 N–H and O–H groups in total. The number of hydrogen-bond donors (Lipinski definition) is 0. The molecule has 17 aromatic rings. The summed E-state index contributed by atoms with van der Waals surface area (Å²) in [6, 6.07) is 128. The molecule has 2 aromatic heterocycles. The van der Waals surface area contributed by atoms with Crippen LogP contribution in [0.4, 0.5) is 34.1 Å². The fourth-order valence-corrected chi connectivity index (χ4v) is 16.0. The zero-order valence-corrected chi connectivity index (χ0v) is 55.9. The van der Waals surface area contributed by atoms with Crippen molar-refractivity contribution in [3.05, 3.63) is 357 Å². The molecule has 0 saturated heterocycles. The van der Waals surface area contributed by atoms with Gasteiger partial charge in [-0.2, -0.15) is 0 Å². The minimum absolute atomic E-state index is 0.294. The van der Waals surface area contributed by atoms with E-state index < -0.39 is 11.8 Å². The van der Waals surface area contributed by atoms with Gasteiger partial charge in [0.2, 0.25) is 0 Å². The lowest BCUT2D eigenvalue weighted by Gasteiger charge is -2.45. The summed E-state index contributed by atoms with van der Waals surface area (Å²) in [4.78, 5) is 4.89. The van der Waals surface area contributed by atoms with Gasteiger partial charge >= 0.3 is 0 Å². The van der Waals surface area contributed by atoms with E-state index in [1.165, 1.54) is 43.8 Å². The number of benzene rings is 15. The zero-order valence-electron chi connectivity index (χ0n) is 57.9. The molecule has 0 saturated carbocycles. The second kappa shape index (κ2) is 23.7. The van der Waals surface area contributed by atoms with E-state index in [0.717, 1.165) is 128 Å². The number of hydrogen-bond acceptors (Lipinski definition) is 2. The van der Waals surface area contributed by atoms with Gasteiger partial charge < -0.3 is 18.9 Å². The SMILES string of the molecule is [2H]C([2H])(c1cc2c3c(c1)N(c1ccc(-c4ccccc4)cc1)c1cc(-n4c5ccc(-c6ccccc6)cc5c5cc(-c6ccccc6)ccc54)ccc1B3c1ccc(-n3c4ccc(-c5ccccc5)cc4c4cc(-c5ccccc5)ccc43)cc1N2c1ccc(-c2ccccc2)cc1)C(C)(C)C. The maximum Gasteiger partial charge on any atom is 0.252 e. The standard InChI is InChI=1S/C95H69BN4/c1-95(2,3)62-63-54-92-94-93(55-63)98(77-44-36-71(37-45-77)65-24-12-5-13-25-65)91-61-79(100-88-52-40-74(68-30-18-8-19-31-68)58-82(88)83-59-75(41-53-89(83)100)69-32-20-9-21-33-69)47-49-85(91)96(94)84-48-46-78(60-90(84)97(92)76-42-34-70(35-43-76)64-22-10-4-11-23-64)99-86-50-38-72(66-26-14-6-15-27-66)56-80(86)81-57-73(39-51-87(81)99)67-28-16-7-17-29-67/h4-61H,62H2,1-3H3/i62D2. The fourth-order valence-electron chi connectivity index (χ4n) is 16.0. The topological polar surface area (TPSA) is 16.3 Å². The summed E-state index contributed by atoms with van der Waals surface area (Å²) in [5, 5.41) is 4.68. The molecule has 0 fully saturated rings. The Labute approximate surface area is 587 Å². The molecule has 0 unspecified atom stereocenters. The van der Waals surface area contributed by atoms with Crippen molar-refractivity contribution < 1.29 is 2.74 Å². The molecular formula is C95H69BN4. The number of nitrogens with zero attached hydrogens (tertiary/aromatic N) is 4. The molecule has 2 aliphatic heterocycles. The van der Waals surface area contributed by atoms with Gasteiger partial charge in [-0.05, 0) is 210 Å². The maximum absolute atomic E-state index is 10.4. The molecule has 0 atom stereocenters. The van der Waals surface area contributed by atoms with Crippen LogP contribution in [0.3, 0.4) is 0 Å². The Morgan fingerprint density at radius 3 is 0.810 bits per heavy atom. The van der Waals surface area contributed by atoms with Crippen LogP contribution in [0.1, 0.15) is 29.1 Å². The molecule has 15 aromatic carbocycles. The predicted molar refractivity (Wildman–Crippen MR) is 425 cm³/mol. The molecule has 0 bridgehead atoms. The Bertz CT molecular complexity index is 5550. The molecule has 2 aliphatic rings. The highest BCUT2D eigenvalue weighted by atomic mass is 15.2. The summed E-state index contributed by atoms with van der Waals surface area (Å²) >= 11 is 0. The Hall–Kier alpha value is -12.4. The number of fused-ring (bicyclic) bond motifs is 10. The van der Waals surface area contributed by atoms with Crippen molar-refractivity contribution in [1.82, 2.24) is 9.13 Å². The van der Waals surface area contributed by atoms with E-state index in [9.17, 15) is 2.74 Å². The molecule has 0 radical (unpaired) electrons. The first-order valence-electron chi connectivity index (χ1n) is 35.7. The van der Waals surface area contributed by atoms with Gasteiger partial charge in [-0.1, -0.05) is 263 Å². The predicted octanol–water partition coefficient (Wildman–Crippen LogP) is 23.6. The van der Waals surface area contributed by atoms with Crippen molar-refractivity contribution in [2.75, 3.05) is 9.80 Å². The van der Waals surface area contributed by atoms with E-state index >= 15 is 0 Å². The first-order valence-corrected chi connectivity index (χ1v) is 34.7. The first-order chi connectivity index (χ1) is 50.0. The Kier molecular flexibility index (Phi) is 13.4. The van der Waals surface area contributed by atoms with Crippen LogP contribution in [0.25, 0.3) is 122 Å². The molecular weight excluding hydrogens is 1210 g/mol.